The Balaban J connectivity index is -0.0000000252. The number of aliphatic carboxylic acids is 4. The van der Waals surface area contributed by atoms with Gasteiger partial charge in [-0.05, 0) is 6.42 Å². The number of nitrogens with two attached hydrogens (primary N) is 1. The van der Waals surface area contributed by atoms with E-state index in [1.807, 2.05) is 0 Å². The molecule has 116 valence electrons. The maximum absolute atomic E-state index is 9.99. The van der Waals surface area contributed by atoms with E-state index in [0.29, 0.717) is 0 Å². The summed E-state index contributed by atoms with van der Waals surface area (Å²) in [7, 11) is 0. The molecule has 0 aromatic carbocycles. The number of hydrogen-bond acceptors (Lipinski definition) is 5. The summed E-state index contributed by atoms with van der Waals surface area (Å²) in [6, 6.07) is -1.06. The van der Waals surface area contributed by atoms with Crippen molar-refractivity contribution < 1.29 is 39.6 Å². The Hall–Kier alpha value is 2.84. The Morgan fingerprint density at radius 1 is 0.783 bits per heavy atom. The molecule has 0 heterocycles. The summed E-state index contributed by atoms with van der Waals surface area (Å²) in [5, 5.41) is 31.1. The van der Waals surface area contributed by atoms with Crippen molar-refractivity contribution in [3.05, 3.63) is 0 Å². The van der Waals surface area contributed by atoms with Crippen LogP contribution >= 0.6 is 0 Å². The number of carboxylic acids is 4. The van der Waals surface area contributed by atoms with Crippen LogP contribution in [0.1, 0.15) is 26.7 Å². The monoisotopic (exact) mass is 387 g/mol. The maximum atomic E-state index is 9.99. The molecule has 0 aliphatic rings. The van der Waals surface area contributed by atoms with E-state index in [4.69, 9.17) is 35.7 Å². The fraction of sp³-hybridized carbons (Fsp3) is 0.556. The first-order chi connectivity index (χ1) is 8.00. The van der Waals surface area contributed by atoms with Gasteiger partial charge >= 0.3 is 160 Å². The molecule has 0 saturated heterocycles. The van der Waals surface area contributed by atoms with Gasteiger partial charge in [-0.2, -0.15) is 0 Å². The van der Waals surface area contributed by atoms with Crippen LogP contribution in [-0.2, 0) is 19.2 Å². The molecule has 0 spiro atoms. The van der Waals surface area contributed by atoms with Gasteiger partial charge in [-0.3, -0.25) is 19.2 Å². The molecule has 0 radical (unpaired) electrons. The SMILES string of the molecule is CC(=O)O.CC(=O)O.NC(CCC(=O)O)C(=O)O.[NaH].[NaH].[NaH].[NaH].[NaH]. The third kappa shape index (κ3) is 92.4. The first kappa shape index (κ1) is 50.1. The Kier molecular flexibility index (Phi) is 78.1. The van der Waals surface area contributed by atoms with Crippen molar-refractivity contribution in [2.24, 2.45) is 5.73 Å². The Morgan fingerprint density at radius 3 is 1.13 bits per heavy atom. The first-order valence-corrected chi connectivity index (χ1v) is 4.59. The molecule has 23 heavy (non-hydrogen) atoms. The number of carboxylic acid groups (broad SMARTS) is 4. The molecule has 0 aromatic heterocycles. The van der Waals surface area contributed by atoms with Crippen LogP contribution in [0.15, 0.2) is 0 Å². The summed E-state index contributed by atoms with van der Waals surface area (Å²) < 4.78 is 0. The van der Waals surface area contributed by atoms with Crippen LogP contribution < -0.4 is 5.73 Å². The first-order valence-electron chi connectivity index (χ1n) is 4.59. The number of carbonyl (C=O) groups is 4. The average Bonchev–Trinajstić information content (AvgIpc) is 2.11. The molecule has 1 atom stereocenters. The molecule has 0 bridgehead atoms. The van der Waals surface area contributed by atoms with E-state index in [9.17, 15) is 9.59 Å². The summed E-state index contributed by atoms with van der Waals surface area (Å²) in [5.74, 6) is -3.86. The zero-order chi connectivity index (χ0) is 15.3. The predicted octanol–water partition coefficient (Wildman–Crippen LogP) is -3.80. The van der Waals surface area contributed by atoms with Crippen LogP contribution in [0.5, 0.6) is 0 Å². The summed E-state index contributed by atoms with van der Waals surface area (Å²) in [5.41, 5.74) is 5.00. The van der Waals surface area contributed by atoms with Gasteiger partial charge in [0.05, 0.1) is 0 Å². The van der Waals surface area contributed by atoms with Gasteiger partial charge < -0.3 is 26.2 Å². The third-order valence-electron chi connectivity index (χ3n) is 0.986. The fourth-order valence-electron chi connectivity index (χ4n) is 0.402. The van der Waals surface area contributed by atoms with E-state index in [-0.39, 0.29) is 161 Å². The molecular weight excluding hydrogens is 365 g/mol. The topological polar surface area (TPSA) is 175 Å². The molecule has 0 rings (SSSR count). The van der Waals surface area contributed by atoms with E-state index in [1.54, 1.807) is 0 Å². The molecule has 6 N–H and O–H groups in total. The molecule has 0 aromatic rings. The van der Waals surface area contributed by atoms with Gasteiger partial charge in [0.25, 0.3) is 11.9 Å². The Labute approximate surface area is 245 Å². The van der Waals surface area contributed by atoms with Crippen LogP contribution in [0.3, 0.4) is 0 Å². The van der Waals surface area contributed by atoms with Gasteiger partial charge in [0, 0.05) is 20.3 Å². The van der Waals surface area contributed by atoms with Crippen molar-refractivity contribution in [3.8, 4) is 0 Å². The minimum atomic E-state index is -1.17. The van der Waals surface area contributed by atoms with Crippen LogP contribution in [0.4, 0.5) is 0 Å². The van der Waals surface area contributed by atoms with Crippen LogP contribution in [0.25, 0.3) is 0 Å². The molecule has 1 unspecified atom stereocenters. The van der Waals surface area contributed by atoms with Crippen molar-refractivity contribution >= 4 is 172 Å². The molecule has 0 amide bonds. The average molecular weight is 387 g/mol. The second-order valence-corrected chi connectivity index (χ2v) is 2.92. The zero-order valence-electron chi connectivity index (χ0n) is 9.99. The van der Waals surface area contributed by atoms with Crippen molar-refractivity contribution in [1.82, 2.24) is 0 Å². The van der Waals surface area contributed by atoms with Gasteiger partial charge in [-0.1, -0.05) is 0 Å². The second-order valence-electron chi connectivity index (χ2n) is 2.92. The van der Waals surface area contributed by atoms with Crippen molar-refractivity contribution in [2.75, 3.05) is 0 Å². The van der Waals surface area contributed by atoms with E-state index < -0.39 is 29.9 Å². The molecule has 0 fully saturated rings. The molecule has 0 saturated carbocycles. The Morgan fingerprint density at radius 2 is 1.00 bits per heavy atom. The molecule has 9 nitrogen and oxygen atoms in total. The van der Waals surface area contributed by atoms with Crippen LogP contribution in [-0.4, -0.2) is 198 Å². The predicted molar refractivity (Wildman–Crippen MR) is 94.8 cm³/mol. The third-order valence-corrected chi connectivity index (χ3v) is 0.986. The Bertz CT molecular complexity index is 286. The minimum absolute atomic E-state index is 0. The molecular formula is C9H22NNa5O8. The van der Waals surface area contributed by atoms with E-state index in [2.05, 4.69) is 0 Å². The van der Waals surface area contributed by atoms with E-state index in [1.165, 1.54) is 0 Å². The molecule has 0 aliphatic heterocycles. The van der Waals surface area contributed by atoms with Gasteiger partial charge in [-0.25, -0.2) is 0 Å². The van der Waals surface area contributed by atoms with Crippen molar-refractivity contribution in [2.45, 2.75) is 32.7 Å². The fourth-order valence-corrected chi connectivity index (χ4v) is 0.402. The second kappa shape index (κ2) is 35.9. The number of hydrogen-bond donors (Lipinski definition) is 5. The van der Waals surface area contributed by atoms with E-state index >= 15 is 0 Å². The summed E-state index contributed by atoms with van der Waals surface area (Å²) in [4.78, 5) is 37.9. The van der Waals surface area contributed by atoms with Crippen molar-refractivity contribution in [3.63, 3.8) is 0 Å². The summed E-state index contributed by atoms with van der Waals surface area (Å²) in [6.07, 6.45) is -0.224. The summed E-state index contributed by atoms with van der Waals surface area (Å²) in [6.45, 7) is 2.17. The van der Waals surface area contributed by atoms with Gasteiger partial charge in [0.2, 0.25) is 0 Å². The zero-order valence-corrected chi connectivity index (χ0v) is 9.99. The van der Waals surface area contributed by atoms with Gasteiger partial charge in [0.1, 0.15) is 6.04 Å². The summed E-state index contributed by atoms with van der Waals surface area (Å²) >= 11 is 0. The standard InChI is InChI=1S/C5H9NO4.2C2H4O2.5Na.5H/c6-3(5(9)10)1-2-4(7)8;2*1-2(3)4;;;;;;;;;;/h3H,1-2,6H2,(H,7,8)(H,9,10);2*1H3,(H,3,4);;;;;;;;;;. The van der Waals surface area contributed by atoms with Crippen LogP contribution in [0, 0.1) is 0 Å². The van der Waals surface area contributed by atoms with Gasteiger partial charge in [0.15, 0.2) is 0 Å². The van der Waals surface area contributed by atoms with Crippen LogP contribution in [0.2, 0.25) is 0 Å². The van der Waals surface area contributed by atoms with E-state index in [0.717, 1.165) is 13.8 Å². The molecule has 0 aliphatic carbocycles. The number of rotatable bonds is 4. The normalized spacial score (nSPS) is 7.61. The van der Waals surface area contributed by atoms with Gasteiger partial charge in [-0.15, -0.1) is 0 Å². The quantitative estimate of drug-likeness (QED) is 0.303. The molecule has 14 heteroatoms. The van der Waals surface area contributed by atoms with Crippen molar-refractivity contribution in [1.29, 1.82) is 0 Å².